The highest BCUT2D eigenvalue weighted by Crippen LogP contribution is 2.19. The summed E-state index contributed by atoms with van der Waals surface area (Å²) in [6.45, 7) is 11.5. The molecule has 0 aliphatic carbocycles. The van der Waals surface area contributed by atoms with Crippen LogP contribution in [0, 0.1) is 19.7 Å². The number of likely N-dealkylation sites (N-methyl/N-ethyl adjacent to an activating group) is 1. The van der Waals surface area contributed by atoms with Gasteiger partial charge in [-0.15, -0.1) is 0 Å². The van der Waals surface area contributed by atoms with Gasteiger partial charge in [-0.25, -0.2) is 13.9 Å². The number of amides is 1. The van der Waals surface area contributed by atoms with Gasteiger partial charge in [0.1, 0.15) is 11.4 Å². The second-order valence-electron chi connectivity index (χ2n) is 6.38. The van der Waals surface area contributed by atoms with Crippen molar-refractivity contribution < 1.29 is 18.7 Å². The minimum atomic E-state index is -0.613. The van der Waals surface area contributed by atoms with Crippen molar-refractivity contribution in [2.45, 2.75) is 27.7 Å². The van der Waals surface area contributed by atoms with E-state index in [2.05, 4.69) is 11.7 Å². The van der Waals surface area contributed by atoms with E-state index < -0.39 is 5.97 Å². The van der Waals surface area contributed by atoms with Gasteiger partial charge in [0.15, 0.2) is 6.61 Å². The van der Waals surface area contributed by atoms with Crippen molar-refractivity contribution in [1.29, 1.82) is 0 Å². The molecular weight excluding hydrogens is 349 g/mol. The number of esters is 1. The molecule has 7 heteroatoms. The van der Waals surface area contributed by atoms with Crippen LogP contribution in [0.5, 0.6) is 0 Å². The van der Waals surface area contributed by atoms with Gasteiger partial charge in [-0.2, -0.15) is 5.10 Å². The third-order valence-corrected chi connectivity index (χ3v) is 4.09. The maximum atomic E-state index is 13.1. The van der Waals surface area contributed by atoms with Crippen molar-refractivity contribution in [1.82, 2.24) is 14.7 Å². The fourth-order valence-electron chi connectivity index (χ4n) is 2.76. The van der Waals surface area contributed by atoms with Crippen LogP contribution in [0.25, 0.3) is 5.69 Å². The number of benzene rings is 1. The van der Waals surface area contributed by atoms with Crippen molar-refractivity contribution in [3.63, 3.8) is 0 Å². The molecule has 144 valence electrons. The molecule has 0 radical (unpaired) electrons. The van der Waals surface area contributed by atoms with E-state index in [1.807, 2.05) is 13.8 Å². The molecule has 2 aromatic rings. The Morgan fingerprint density at radius 1 is 1.26 bits per heavy atom. The number of rotatable bonds is 7. The number of nitrogens with zero attached hydrogens (tertiary/aromatic N) is 3. The van der Waals surface area contributed by atoms with Crippen LogP contribution in [0.15, 0.2) is 36.4 Å². The SMILES string of the molecule is C=C(C)CN(CC)C(=O)COC(=O)c1c(C)nn(-c2ccc(F)cc2)c1C. The zero-order chi connectivity index (χ0) is 20.1. The molecule has 0 atom stereocenters. The van der Waals surface area contributed by atoms with E-state index in [1.165, 1.54) is 12.1 Å². The Bertz CT molecular complexity index is 856. The summed E-state index contributed by atoms with van der Waals surface area (Å²) in [5.74, 6) is -1.25. The standard InChI is InChI=1S/C20H24FN3O3/c1-6-23(11-13(2)3)18(25)12-27-20(26)19-14(4)22-24(15(19)5)17-9-7-16(21)8-10-17/h7-10H,2,6,11-12H2,1,3-5H3. The summed E-state index contributed by atoms with van der Waals surface area (Å²) >= 11 is 0. The lowest BCUT2D eigenvalue weighted by Gasteiger charge is -2.20. The summed E-state index contributed by atoms with van der Waals surface area (Å²) < 4.78 is 19.9. The summed E-state index contributed by atoms with van der Waals surface area (Å²) in [4.78, 5) is 26.3. The molecule has 1 aromatic carbocycles. The van der Waals surface area contributed by atoms with Gasteiger partial charge >= 0.3 is 5.97 Å². The normalized spacial score (nSPS) is 10.6. The topological polar surface area (TPSA) is 64.4 Å². The van der Waals surface area contributed by atoms with Gasteiger partial charge in [0.25, 0.3) is 5.91 Å². The van der Waals surface area contributed by atoms with Gasteiger partial charge in [0, 0.05) is 13.1 Å². The van der Waals surface area contributed by atoms with Crippen LogP contribution >= 0.6 is 0 Å². The summed E-state index contributed by atoms with van der Waals surface area (Å²) in [5, 5.41) is 4.34. The maximum absolute atomic E-state index is 13.1. The second-order valence-corrected chi connectivity index (χ2v) is 6.38. The molecule has 0 bridgehead atoms. The Balaban J connectivity index is 2.14. The third-order valence-electron chi connectivity index (χ3n) is 4.09. The van der Waals surface area contributed by atoms with E-state index in [-0.39, 0.29) is 18.3 Å². The van der Waals surface area contributed by atoms with Crippen LogP contribution in [0.3, 0.4) is 0 Å². The number of aromatic nitrogens is 2. The van der Waals surface area contributed by atoms with E-state index in [0.29, 0.717) is 35.7 Å². The average Bonchev–Trinajstić information content (AvgIpc) is 2.92. The smallest absolute Gasteiger partial charge is 0.342 e. The van der Waals surface area contributed by atoms with Crippen molar-refractivity contribution in [2.24, 2.45) is 0 Å². The molecule has 0 aliphatic heterocycles. The molecule has 0 N–H and O–H groups in total. The first kappa shape index (κ1) is 20.4. The largest absolute Gasteiger partial charge is 0.452 e. The maximum Gasteiger partial charge on any atom is 0.342 e. The lowest BCUT2D eigenvalue weighted by atomic mass is 10.2. The third kappa shape index (κ3) is 4.81. The predicted octanol–water partition coefficient (Wildman–Crippen LogP) is 3.21. The fraction of sp³-hybridized carbons (Fsp3) is 0.350. The molecule has 0 saturated heterocycles. The lowest BCUT2D eigenvalue weighted by molar-refractivity contribution is -0.133. The monoisotopic (exact) mass is 373 g/mol. The first-order valence-corrected chi connectivity index (χ1v) is 8.66. The van der Waals surface area contributed by atoms with E-state index in [0.717, 1.165) is 5.57 Å². The van der Waals surface area contributed by atoms with Crippen LogP contribution in [0.4, 0.5) is 4.39 Å². The first-order valence-electron chi connectivity index (χ1n) is 8.66. The Hall–Kier alpha value is -2.96. The fourth-order valence-corrected chi connectivity index (χ4v) is 2.76. The van der Waals surface area contributed by atoms with Crippen molar-refractivity contribution in [2.75, 3.05) is 19.7 Å². The van der Waals surface area contributed by atoms with E-state index >= 15 is 0 Å². The van der Waals surface area contributed by atoms with Gasteiger partial charge in [-0.3, -0.25) is 4.79 Å². The van der Waals surface area contributed by atoms with Gasteiger partial charge in [-0.1, -0.05) is 12.2 Å². The van der Waals surface area contributed by atoms with E-state index in [9.17, 15) is 14.0 Å². The molecule has 2 rings (SSSR count). The zero-order valence-corrected chi connectivity index (χ0v) is 16.1. The van der Waals surface area contributed by atoms with Crippen LogP contribution < -0.4 is 0 Å². The van der Waals surface area contributed by atoms with Crippen molar-refractivity contribution in [3.05, 3.63) is 59.2 Å². The summed E-state index contributed by atoms with van der Waals surface area (Å²) in [7, 11) is 0. The molecule has 0 unspecified atom stereocenters. The molecule has 0 saturated carbocycles. The second kappa shape index (κ2) is 8.62. The molecule has 0 spiro atoms. The lowest BCUT2D eigenvalue weighted by Crippen LogP contribution is -2.35. The number of carbonyl (C=O) groups is 2. The number of aryl methyl sites for hydroxylation is 1. The van der Waals surface area contributed by atoms with Crippen LogP contribution in [-0.4, -0.2) is 46.3 Å². The number of hydrogen-bond donors (Lipinski definition) is 0. The molecule has 6 nitrogen and oxygen atoms in total. The van der Waals surface area contributed by atoms with Gasteiger partial charge < -0.3 is 9.64 Å². The number of carbonyl (C=O) groups excluding carboxylic acids is 2. The molecule has 0 fully saturated rings. The van der Waals surface area contributed by atoms with Gasteiger partial charge in [0.2, 0.25) is 0 Å². The van der Waals surface area contributed by atoms with Crippen LogP contribution in [-0.2, 0) is 9.53 Å². The number of halogens is 1. The number of hydrogen-bond acceptors (Lipinski definition) is 4. The van der Waals surface area contributed by atoms with E-state index in [1.54, 1.807) is 35.6 Å². The molecule has 1 heterocycles. The van der Waals surface area contributed by atoms with Gasteiger partial charge in [-0.05, 0) is 52.0 Å². The molecule has 1 aromatic heterocycles. The Labute approximate surface area is 158 Å². The predicted molar refractivity (Wildman–Crippen MR) is 100 cm³/mol. The molecule has 0 aliphatic rings. The molecule has 27 heavy (non-hydrogen) atoms. The number of ether oxygens (including phenoxy) is 1. The van der Waals surface area contributed by atoms with E-state index in [4.69, 9.17) is 4.74 Å². The quantitative estimate of drug-likeness (QED) is 0.552. The molecule has 1 amide bonds. The minimum Gasteiger partial charge on any atom is -0.452 e. The zero-order valence-electron chi connectivity index (χ0n) is 16.1. The first-order chi connectivity index (χ1) is 12.7. The van der Waals surface area contributed by atoms with Crippen molar-refractivity contribution >= 4 is 11.9 Å². The van der Waals surface area contributed by atoms with Crippen LogP contribution in [0.2, 0.25) is 0 Å². The van der Waals surface area contributed by atoms with Crippen molar-refractivity contribution in [3.8, 4) is 5.69 Å². The minimum absolute atomic E-state index is 0.282. The highest BCUT2D eigenvalue weighted by Gasteiger charge is 2.22. The highest BCUT2D eigenvalue weighted by molar-refractivity contribution is 5.93. The highest BCUT2D eigenvalue weighted by atomic mass is 19.1. The summed E-state index contributed by atoms with van der Waals surface area (Å²) in [6.07, 6.45) is 0. The Morgan fingerprint density at radius 3 is 2.44 bits per heavy atom. The van der Waals surface area contributed by atoms with Gasteiger partial charge in [0.05, 0.1) is 17.1 Å². The Morgan fingerprint density at radius 2 is 1.89 bits per heavy atom. The Kier molecular flexibility index (Phi) is 6.50. The summed E-state index contributed by atoms with van der Waals surface area (Å²) in [5.41, 5.74) is 2.82. The molecular formula is C20H24FN3O3. The summed E-state index contributed by atoms with van der Waals surface area (Å²) in [6, 6.07) is 5.79. The van der Waals surface area contributed by atoms with Crippen LogP contribution in [0.1, 0.15) is 35.6 Å². The average molecular weight is 373 g/mol.